The van der Waals surface area contributed by atoms with Crippen molar-refractivity contribution in [3.05, 3.63) is 33.3 Å². The van der Waals surface area contributed by atoms with Crippen LogP contribution in [0.5, 0.6) is 0 Å². The van der Waals surface area contributed by atoms with Crippen LogP contribution in [0.25, 0.3) is 0 Å². The number of halogens is 2. The Bertz CT molecular complexity index is 625. The van der Waals surface area contributed by atoms with Gasteiger partial charge in [-0.2, -0.15) is 5.26 Å². The maximum Gasteiger partial charge on any atom is 0.257 e. The third-order valence-corrected chi connectivity index (χ3v) is 3.86. The molecule has 1 aliphatic heterocycles. The van der Waals surface area contributed by atoms with Gasteiger partial charge < -0.3 is 10.2 Å². The van der Waals surface area contributed by atoms with Gasteiger partial charge in [0.05, 0.1) is 21.7 Å². The Hall–Kier alpha value is -1.77. The fraction of sp³-hybridized carbons (Fsp3) is 0.308. The first-order valence-electron chi connectivity index (χ1n) is 5.90. The van der Waals surface area contributed by atoms with Crippen LogP contribution in [0.3, 0.4) is 0 Å². The van der Waals surface area contributed by atoms with Crippen molar-refractivity contribution in [2.45, 2.75) is 13.0 Å². The first kappa shape index (κ1) is 14.6. The molecule has 104 valence electrons. The number of hydrogen-bond donors (Lipinski definition) is 1. The molecule has 0 saturated heterocycles. The molecule has 0 fully saturated rings. The molecule has 1 heterocycles. The number of hydrogen-bond acceptors (Lipinski definition) is 3. The summed E-state index contributed by atoms with van der Waals surface area (Å²) in [6, 6.07) is 4.57. The molecular weight excluding hydrogens is 301 g/mol. The van der Waals surface area contributed by atoms with Gasteiger partial charge in [-0.1, -0.05) is 29.3 Å². The normalized spacial score (nSPS) is 16.8. The molecule has 1 N–H and O–H groups in total. The molecule has 1 atom stereocenters. The van der Waals surface area contributed by atoms with Crippen LogP contribution in [0, 0.1) is 11.3 Å². The Morgan fingerprint density at radius 3 is 2.80 bits per heavy atom. The molecule has 0 aromatic heterocycles. The van der Waals surface area contributed by atoms with E-state index in [0.717, 1.165) is 0 Å². The van der Waals surface area contributed by atoms with Gasteiger partial charge >= 0.3 is 0 Å². The maximum atomic E-state index is 12.3. The highest BCUT2D eigenvalue weighted by Crippen LogP contribution is 2.39. The van der Waals surface area contributed by atoms with E-state index in [1.165, 1.54) is 11.8 Å². The summed E-state index contributed by atoms with van der Waals surface area (Å²) < 4.78 is 0. The maximum absolute atomic E-state index is 12.3. The Kier molecular flexibility index (Phi) is 4.17. The summed E-state index contributed by atoms with van der Waals surface area (Å²) in [6.07, 6.45) is 0. The lowest BCUT2D eigenvalue weighted by molar-refractivity contribution is -0.119. The fourth-order valence-corrected chi connectivity index (χ4v) is 2.57. The predicted octanol–water partition coefficient (Wildman–Crippen LogP) is 2.15. The zero-order chi connectivity index (χ0) is 14.9. The van der Waals surface area contributed by atoms with Gasteiger partial charge in [0.15, 0.2) is 0 Å². The molecule has 0 spiro atoms. The highest BCUT2D eigenvalue weighted by molar-refractivity contribution is 6.44. The second-order valence-corrected chi connectivity index (χ2v) is 5.12. The van der Waals surface area contributed by atoms with Gasteiger partial charge in [0.25, 0.3) is 5.91 Å². The number of nitrogens with one attached hydrogen (secondary N) is 1. The topological polar surface area (TPSA) is 73.2 Å². The highest BCUT2D eigenvalue weighted by Gasteiger charge is 2.38. The minimum absolute atomic E-state index is 0.163. The lowest BCUT2D eigenvalue weighted by atomic mass is 10.1. The van der Waals surface area contributed by atoms with Gasteiger partial charge in [0.2, 0.25) is 5.91 Å². The number of carbonyl (C=O) groups is 2. The molecule has 2 amide bonds. The van der Waals surface area contributed by atoms with Gasteiger partial charge in [-0.25, -0.2) is 0 Å². The third kappa shape index (κ3) is 2.45. The zero-order valence-electron chi connectivity index (χ0n) is 10.6. The quantitative estimate of drug-likeness (QED) is 0.929. The lowest BCUT2D eigenvalue weighted by Gasteiger charge is -2.19. The van der Waals surface area contributed by atoms with Gasteiger partial charge in [0.1, 0.15) is 6.04 Å². The van der Waals surface area contributed by atoms with E-state index in [4.69, 9.17) is 23.2 Å². The van der Waals surface area contributed by atoms with Crippen molar-refractivity contribution in [2.24, 2.45) is 0 Å². The van der Waals surface area contributed by atoms with Crippen molar-refractivity contribution in [2.75, 3.05) is 13.1 Å². The molecule has 20 heavy (non-hydrogen) atoms. The molecule has 7 heteroatoms. The second kappa shape index (κ2) is 5.70. The van der Waals surface area contributed by atoms with E-state index in [2.05, 4.69) is 11.4 Å². The minimum Gasteiger partial charge on any atom is -0.355 e. The number of benzene rings is 1. The minimum atomic E-state index is -0.707. The summed E-state index contributed by atoms with van der Waals surface area (Å²) >= 11 is 11.9. The molecule has 1 unspecified atom stereocenters. The Morgan fingerprint density at radius 1 is 1.50 bits per heavy atom. The largest absolute Gasteiger partial charge is 0.355 e. The Morgan fingerprint density at radius 2 is 2.20 bits per heavy atom. The summed E-state index contributed by atoms with van der Waals surface area (Å²) in [5.41, 5.74) is 0.822. The lowest BCUT2D eigenvalue weighted by Crippen LogP contribution is -2.36. The van der Waals surface area contributed by atoms with Crippen LogP contribution in [0.2, 0.25) is 10.0 Å². The van der Waals surface area contributed by atoms with E-state index in [-0.39, 0.29) is 40.5 Å². The van der Waals surface area contributed by atoms with E-state index in [0.29, 0.717) is 5.56 Å². The van der Waals surface area contributed by atoms with Crippen LogP contribution in [0.1, 0.15) is 28.9 Å². The molecule has 5 nitrogen and oxygen atoms in total. The first-order valence-corrected chi connectivity index (χ1v) is 6.66. The first-order chi connectivity index (χ1) is 9.47. The molecule has 0 bridgehead atoms. The average Bonchev–Trinajstić information content (AvgIpc) is 2.67. The van der Waals surface area contributed by atoms with E-state index >= 15 is 0 Å². The molecular formula is C13H11Cl2N3O2. The van der Waals surface area contributed by atoms with Crippen LogP contribution in [0.4, 0.5) is 0 Å². The zero-order valence-corrected chi connectivity index (χ0v) is 12.1. The summed E-state index contributed by atoms with van der Waals surface area (Å²) in [5, 5.41) is 12.3. The van der Waals surface area contributed by atoms with Gasteiger partial charge in [0, 0.05) is 25.6 Å². The third-order valence-electron chi connectivity index (χ3n) is 3.06. The van der Waals surface area contributed by atoms with Crippen molar-refractivity contribution >= 4 is 35.0 Å². The molecule has 0 radical (unpaired) electrons. The summed E-state index contributed by atoms with van der Waals surface area (Å²) in [5.74, 6) is -0.534. The number of rotatable bonds is 3. The number of nitrogens with zero attached hydrogens (tertiary/aromatic N) is 2. The van der Waals surface area contributed by atoms with Crippen molar-refractivity contribution in [1.82, 2.24) is 10.2 Å². The molecule has 2 rings (SSSR count). The van der Waals surface area contributed by atoms with Crippen LogP contribution in [-0.4, -0.2) is 29.8 Å². The van der Waals surface area contributed by atoms with E-state index in [1.807, 2.05) is 0 Å². The van der Waals surface area contributed by atoms with Crippen LogP contribution in [0.15, 0.2) is 12.1 Å². The number of amides is 2. The summed E-state index contributed by atoms with van der Waals surface area (Å²) in [4.78, 5) is 24.6. The molecule has 1 aromatic carbocycles. The molecule has 1 aromatic rings. The van der Waals surface area contributed by atoms with Gasteiger partial charge in [-0.15, -0.1) is 0 Å². The van der Waals surface area contributed by atoms with Crippen LogP contribution >= 0.6 is 23.2 Å². The molecule has 0 aliphatic carbocycles. The number of nitriles is 1. The predicted molar refractivity (Wildman–Crippen MR) is 74.5 cm³/mol. The van der Waals surface area contributed by atoms with E-state index in [1.54, 1.807) is 12.1 Å². The van der Waals surface area contributed by atoms with E-state index < -0.39 is 6.04 Å². The van der Waals surface area contributed by atoms with Crippen molar-refractivity contribution in [3.63, 3.8) is 0 Å². The Labute approximate surface area is 126 Å². The summed E-state index contributed by atoms with van der Waals surface area (Å²) in [7, 11) is 0. The van der Waals surface area contributed by atoms with Crippen molar-refractivity contribution < 1.29 is 9.59 Å². The Balaban J connectivity index is 2.30. The van der Waals surface area contributed by atoms with Crippen molar-refractivity contribution in [1.29, 1.82) is 5.26 Å². The van der Waals surface area contributed by atoms with Crippen molar-refractivity contribution in [3.8, 4) is 6.07 Å². The average molecular weight is 312 g/mol. The van der Waals surface area contributed by atoms with Gasteiger partial charge in [-0.3, -0.25) is 9.59 Å². The monoisotopic (exact) mass is 311 g/mol. The standard InChI is InChI=1S/C13H11Cl2N3O2/c1-7(19)17-4-5-18-10(6-16)8-2-3-9(14)12(15)11(8)13(18)20/h2-3,10H,4-5H2,1H3,(H,17,19). The molecule has 0 saturated carbocycles. The SMILES string of the molecule is CC(=O)NCCN1C(=O)c2c(ccc(Cl)c2Cl)C1C#N. The smallest absolute Gasteiger partial charge is 0.257 e. The number of carbonyl (C=O) groups excluding carboxylic acids is 2. The fourth-order valence-electron chi connectivity index (χ4n) is 2.16. The van der Waals surface area contributed by atoms with Crippen LogP contribution in [-0.2, 0) is 4.79 Å². The second-order valence-electron chi connectivity index (χ2n) is 4.34. The van der Waals surface area contributed by atoms with E-state index in [9.17, 15) is 14.9 Å². The number of fused-ring (bicyclic) bond motifs is 1. The van der Waals surface area contributed by atoms with Gasteiger partial charge in [-0.05, 0) is 6.07 Å². The molecule has 1 aliphatic rings. The van der Waals surface area contributed by atoms with Crippen LogP contribution < -0.4 is 5.32 Å². The highest BCUT2D eigenvalue weighted by atomic mass is 35.5. The summed E-state index contributed by atoms with van der Waals surface area (Å²) in [6.45, 7) is 1.90.